The molecule has 1 aliphatic heterocycles. The zero-order valence-electron chi connectivity index (χ0n) is 17.5. The van der Waals surface area contributed by atoms with Crippen LogP contribution in [0, 0.1) is 12.7 Å². The van der Waals surface area contributed by atoms with Gasteiger partial charge in [0.1, 0.15) is 11.6 Å². The van der Waals surface area contributed by atoms with Crippen molar-refractivity contribution in [2.24, 2.45) is 4.99 Å². The van der Waals surface area contributed by atoms with Gasteiger partial charge in [-0.15, -0.1) is 24.0 Å². The number of hydrogen-bond acceptors (Lipinski definition) is 3. The molecule has 0 amide bonds. The molecule has 2 aromatic rings. The number of aliphatic imine (C=N–C) groups is 1. The summed E-state index contributed by atoms with van der Waals surface area (Å²) in [6, 6.07) is 5.72. The summed E-state index contributed by atoms with van der Waals surface area (Å²) in [6.45, 7) is 8.04. The largest absolute Gasteiger partial charge is 0.354 e. The third-order valence-electron chi connectivity index (χ3n) is 5.25. The predicted molar refractivity (Wildman–Crippen MR) is 127 cm³/mol. The van der Waals surface area contributed by atoms with Crippen LogP contribution >= 0.6 is 24.0 Å². The van der Waals surface area contributed by atoms with Crippen LogP contribution in [0.25, 0.3) is 5.69 Å². The molecule has 0 bridgehead atoms. The van der Waals surface area contributed by atoms with Crippen LogP contribution in [-0.2, 0) is 6.54 Å². The maximum absolute atomic E-state index is 14.5. The van der Waals surface area contributed by atoms with Gasteiger partial charge in [0.25, 0.3) is 0 Å². The van der Waals surface area contributed by atoms with Gasteiger partial charge >= 0.3 is 0 Å². The van der Waals surface area contributed by atoms with Gasteiger partial charge in [-0.25, -0.2) is 9.37 Å². The van der Waals surface area contributed by atoms with Gasteiger partial charge < -0.3 is 20.1 Å². The summed E-state index contributed by atoms with van der Waals surface area (Å²) in [5.41, 5.74) is 1.39. The number of aromatic nitrogens is 2. The predicted octanol–water partition coefficient (Wildman–Crippen LogP) is 3.48. The number of benzene rings is 1. The van der Waals surface area contributed by atoms with Gasteiger partial charge in [0.15, 0.2) is 5.96 Å². The van der Waals surface area contributed by atoms with E-state index in [1.165, 1.54) is 13.0 Å². The van der Waals surface area contributed by atoms with E-state index >= 15 is 0 Å². The zero-order chi connectivity index (χ0) is 19.9. The van der Waals surface area contributed by atoms with Gasteiger partial charge in [-0.2, -0.15) is 0 Å². The molecule has 0 unspecified atom stereocenters. The van der Waals surface area contributed by atoms with Gasteiger partial charge in [0, 0.05) is 45.1 Å². The number of nitrogens with zero attached hydrogens (tertiary/aromatic N) is 4. The van der Waals surface area contributed by atoms with E-state index in [9.17, 15) is 4.39 Å². The molecule has 1 aromatic carbocycles. The molecule has 1 fully saturated rings. The van der Waals surface area contributed by atoms with Crippen molar-refractivity contribution < 1.29 is 4.39 Å². The lowest BCUT2D eigenvalue weighted by Crippen LogP contribution is -2.48. The van der Waals surface area contributed by atoms with Crippen molar-refractivity contribution in [3.8, 4) is 5.69 Å². The van der Waals surface area contributed by atoms with E-state index in [1.807, 2.05) is 13.0 Å². The first-order valence-electron chi connectivity index (χ1n) is 10.1. The lowest BCUT2D eigenvalue weighted by atomic mass is 10.1. The number of halogens is 2. The average molecular weight is 514 g/mol. The Balaban J connectivity index is 0.00000300. The molecule has 2 N–H and O–H groups in total. The van der Waals surface area contributed by atoms with Crippen molar-refractivity contribution in [2.45, 2.75) is 45.7 Å². The summed E-state index contributed by atoms with van der Waals surface area (Å²) >= 11 is 0. The normalized spacial score (nSPS) is 15.8. The number of nitrogens with one attached hydrogen (secondary N) is 2. The molecule has 2 heterocycles. The van der Waals surface area contributed by atoms with E-state index in [1.54, 1.807) is 36.1 Å². The van der Waals surface area contributed by atoms with Crippen LogP contribution in [0.5, 0.6) is 0 Å². The van der Waals surface area contributed by atoms with Crippen molar-refractivity contribution in [3.63, 3.8) is 0 Å². The molecule has 1 aliphatic rings. The Kier molecular flexibility index (Phi) is 9.35. The number of piperidine rings is 1. The number of hydrogen-bond donors (Lipinski definition) is 2. The molecule has 0 saturated carbocycles. The van der Waals surface area contributed by atoms with Crippen LogP contribution in [0.1, 0.15) is 37.6 Å². The second-order valence-electron chi connectivity index (χ2n) is 7.32. The minimum Gasteiger partial charge on any atom is -0.354 e. The Morgan fingerprint density at radius 3 is 2.66 bits per heavy atom. The lowest BCUT2D eigenvalue weighted by Gasteiger charge is -2.32. The highest BCUT2D eigenvalue weighted by molar-refractivity contribution is 14.0. The molecular weight excluding hydrogens is 482 g/mol. The number of aryl methyl sites for hydroxylation is 1. The molecule has 29 heavy (non-hydrogen) atoms. The molecular formula is C21H32FIN6. The number of imidazole rings is 1. The molecule has 160 valence electrons. The van der Waals surface area contributed by atoms with Crippen LogP contribution < -0.4 is 10.6 Å². The molecule has 3 rings (SSSR count). The lowest BCUT2D eigenvalue weighted by molar-refractivity contribution is 0.206. The van der Waals surface area contributed by atoms with Gasteiger partial charge in [-0.05, 0) is 50.4 Å². The van der Waals surface area contributed by atoms with Crippen molar-refractivity contribution in [3.05, 3.63) is 47.8 Å². The van der Waals surface area contributed by atoms with E-state index in [4.69, 9.17) is 0 Å². The first-order valence-corrected chi connectivity index (χ1v) is 10.1. The first kappa shape index (κ1) is 23.6. The summed E-state index contributed by atoms with van der Waals surface area (Å²) in [5, 5.41) is 6.80. The van der Waals surface area contributed by atoms with E-state index in [2.05, 4.69) is 32.4 Å². The van der Waals surface area contributed by atoms with E-state index in [0.717, 1.165) is 43.3 Å². The van der Waals surface area contributed by atoms with Crippen molar-refractivity contribution in [1.82, 2.24) is 25.1 Å². The topological polar surface area (TPSA) is 57.5 Å². The van der Waals surface area contributed by atoms with Crippen LogP contribution in [0.3, 0.4) is 0 Å². The van der Waals surface area contributed by atoms with Gasteiger partial charge in [0.2, 0.25) is 0 Å². The molecule has 8 heteroatoms. The van der Waals surface area contributed by atoms with Crippen LogP contribution in [0.4, 0.5) is 4.39 Å². The second-order valence-corrected chi connectivity index (χ2v) is 7.32. The molecule has 0 radical (unpaired) electrons. The number of guanidine groups is 1. The maximum atomic E-state index is 14.5. The fourth-order valence-corrected chi connectivity index (χ4v) is 3.68. The summed E-state index contributed by atoms with van der Waals surface area (Å²) in [5.74, 6) is 1.27. The van der Waals surface area contributed by atoms with Gasteiger partial charge in [-0.1, -0.05) is 13.0 Å². The third-order valence-corrected chi connectivity index (χ3v) is 5.25. The fourth-order valence-electron chi connectivity index (χ4n) is 3.68. The Morgan fingerprint density at radius 1 is 1.31 bits per heavy atom. The Bertz CT molecular complexity index is 798. The average Bonchev–Trinajstić information content (AvgIpc) is 3.12. The Morgan fingerprint density at radius 2 is 2.07 bits per heavy atom. The number of likely N-dealkylation sites (tertiary alicyclic amines) is 1. The SMILES string of the molecule is CCCN1CCC(NC(=NC)NCc2ccc(-n3ccnc3C)c(F)c2)CC1.I. The van der Waals surface area contributed by atoms with Gasteiger partial charge in [0.05, 0.1) is 5.69 Å². The van der Waals surface area contributed by atoms with Crippen LogP contribution in [0.2, 0.25) is 0 Å². The highest BCUT2D eigenvalue weighted by Crippen LogP contribution is 2.17. The molecule has 1 aromatic heterocycles. The van der Waals surface area contributed by atoms with E-state index in [-0.39, 0.29) is 29.8 Å². The van der Waals surface area contributed by atoms with E-state index < -0.39 is 0 Å². The summed E-state index contributed by atoms with van der Waals surface area (Å²) < 4.78 is 16.3. The summed E-state index contributed by atoms with van der Waals surface area (Å²) in [4.78, 5) is 11.0. The highest BCUT2D eigenvalue weighted by Gasteiger charge is 2.19. The standard InChI is InChI=1S/C21H31FN6.HI/c1-4-10-27-11-7-18(8-12-27)26-21(23-3)25-15-17-5-6-20(19(22)14-17)28-13-9-24-16(28)2;/h5-6,9,13-14,18H,4,7-8,10-12,15H2,1-3H3,(H2,23,25,26);1H. The quantitative estimate of drug-likeness (QED) is 0.352. The maximum Gasteiger partial charge on any atom is 0.191 e. The first-order chi connectivity index (χ1) is 13.6. The van der Waals surface area contributed by atoms with Crippen LogP contribution in [-0.4, -0.2) is 53.1 Å². The van der Waals surface area contributed by atoms with Crippen molar-refractivity contribution in [2.75, 3.05) is 26.7 Å². The summed E-state index contributed by atoms with van der Waals surface area (Å²) in [7, 11) is 1.77. The molecule has 0 spiro atoms. The van der Waals surface area contributed by atoms with Gasteiger partial charge in [-0.3, -0.25) is 4.99 Å². The Hall–Kier alpha value is -1.68. The van der Waals surface area contributed by atoms with E-state index in [0.29, 0.717) is 18.3 Å². The smallest absolute Gasteiger partial charge is 0.191 e. The molecule has 0 atom stereocenters. The highest BCUT2D eigenvalue weighted by atomic mass is 127. The monoisotopic (exact) mass is 514 g/mol. The molecule has 1 saturated heterocycles. The zero-order valence-corrected chi connectivity index (χ0v) is 19.8. The molecule has 0 aliphatic carbocycles. The summed E-state index contributed by atoms with van der Waals surface area (Å²) in [6.07, 6.45) is 6.88. The van der Waals surface area contributed by atoms with Crippen molar-refractivity contribution >= 4 is 29.9 Å². The Labute approximate surface area is 190 Å². The minimum absolute atomic E-state index is 0. The third kappa shape index (κ3) is 6.40. The second kappa shape index (κ2) is 11.5. The number of rotatable bonds is 6. The van der Waals surface area contributed by atoms with Crippen LogP contribution in [0.15, 0.2) is 35.6 Å². The fraction of sp³-hybridized carbons (Fsp3) is 0.524. The minimum atomic E-state index is -0.258. The van der Waals surface area contributed by atoms with Crippen molar-refractivity contribution in [1.29, 1.82) is 0 Å². The molecule has 6 nitrogen and oxygen atoms in total.